The van der Waals surface area contributed by atoms with Gasteiger partial charge in [0.05, 0.1) is 6.54 Å². The molecule has 1 amide bonds. The van der Waals surface area contributed by atoms with E-state index in [9.17, 15) is 4.79 Å². The Morgan fingerprint density at radius 1 is 1.10 bits per heavy atom. The normalized spacial score (nSPS) is 10.1. The third-order valence-corrected chi connectivity index (χ3v) is 3.05. The van der Waals surface area contributed by atoms with Crippen LogP contribution in [0.5, 0.6) is 0 Å². The zero-order chi connectivity index (χ0) is 14.4. The van der Waals surface area contributed by atoms with Crippen LogP contribution >= 0.6 is 0 Å². The first kappa shape index (κ1) is 14.1. The van der Waals surface area contributed by atoms with E-state index in [1.165, 1.54) is 0 Å². The Bertz CT molecular complexity index is 552. The van der Waals surface area contributed by atoms with Crippen LogP contribution in [0.25, 0.3) is 0 Å². The van der Waals surface area contributed by atoms with Crippen molar-refractivity contribution >= 4 is 17.3 Å². The fourth-order valence-corrected chi connectivity index (χ4v) is 1.92. The molecule has 0 heterocycles. The fourth-order valence-electron chi connectivity index (χ4n) is 1.92. The molecule has 0 fully saturated rings. The molecule has 3 N–H and O–H groups in total. The van der Waals surface area contributed by atoms with Gasteiger partial charge in [0.15, 0.2) is 0 Å². The van der Waals surface area contributed by atoms with Gasteiger partial charge in [0.25, 0.3) is 0 Å². The highest BCUT2D eigenvalue weighted by atomic mass is 16.2. The Hall–Kier alpha value is -2.33. The Balaban J connectivity index is 1.93. The SMILES string of the molecule is CN(CC(=O)Nc1ccccc1)c1ccc(CN)cc1. The van der Waals surface area contributed by atoms with Crippen LogP contribution in [0.15, 0.2) is 54.6 Å². The molecule has 4 heteroatoms. The van der Waals surface area contributed by atoms with Gasteiger partial charge in [-0.3, -0.25) is 4.79 Å². The Labute approximate surface area is 119 Å². The lowest BCUT2D eigenvalue weighted by atomic mass is 10.2. The van der Waals surface area contributed by atoms with Crippen molar-refractivity contribution in [3.8, 4) is 0 Å². The number of nitrogens with one attached hydrogen (secondary N) is 1. The molecule has 2 aromatic carbocycles. The van der Waals surface area contributed by atoms with Gasteiger partial charge in [0.1, 0.15) is 0 Å². The highest BCUT2D eigenvalue weighted by Gasteiger charge is 2.07. The van der Waals surface area contributed by atoms with Gasteiger partial charge in [-0.1, -0.05) is 30.3 Å². The van der Waals surface area contributed by atoms with Gasteiger partial charge in [0, 0.05) is 25.0 Å². The van der Waals surface area contributed by atoms with E-state index in [2.05, 4.69) is 5.32 Å². The van der Waals surface area contributed by atoms with Crippen LogP contribution in [-0.4, -0.2) is 19.5 Å². The maximum Gasteiger partial charge on any atom is 0.243 e. The third kappa shape index (κ3) is 3.83. The predicted molar refractivity (Wildman–Crippen MR) is 82.7 cm³/mol. The van der Waals surface area contributed by atoms with E-state index in [-0.39, 0.29) is 5.91 Å². The zero-order valence-electron chi connectivity index (χ0n) is 11.5. The minimum Gasteiger partial charge on any atom is -0.365 e. The number of rotatable bonds is 5. The van der Waals surface area contributed by atoms with Crippen molar-refractivity contribution in [2.24, 2.45) is 5.73 Å². The zero-order valence-corrected chi connectivity index (χ0v) is 11.5. The van der Waals surface area contributed by atoms with E-state index in [1.807, 2.05) is 66.5 Å². The summed E-state index contributed by atoms with van der Waals surface area (Å²) >= 11 is 0. The molecule has 0 spiro atoms. The van der Waals surface area contributed by atoms with Crippen molar-refractivity contribution in [3.05, 3.63) is 60.2 Å². The minimum atomic E-state index is -0.0402. The number of para-hydroxylation sites is 1. The van der Waals surface area contributed by atoms with Gasteiger partial charge in [-0.2, -0.15) is 0 Å². The quantitative estimate of drug-likeness (QED) is 0.875. The lowest BCUT2D eigenvalue weighted by Crippen LogP contribution is -2.30. The van der Waals surface area contributed by atoms with Crippen LogP contribution in [0.2, 0.25) is 0 Å². The molecule has 2 rings (SSSR count). The second-order valence-corrected chi connectivity index (χ2v) is 4.64. The van der Waals surface area contributed by atoms with Crippen LogP contribution in [0, 0.1) is 0 Å². The lowest BCUT2D eigenvalue weighted by molar-refractivity contribution is -0.114. The fraction of sp³-hybridized carbons (Fsp3) is 0.188. The molecular formula is C16H19N3O. The van der Waals surface area contributed by atoms with E-state index in [0.717, 1.165) is 16.9 Å². The number of anilines is 2. The van der Waals surface area contributed by atoms with E-state index in [4.69, 9.17) is 5.73 Å². The van der Waals surface area contributed by atoms with Crippen LogP contribution < -0.4 is 16.0 Å². The summed E-state index contributed by atoms with van der Waals surface area (Å²) in [5, 5.41) is 2.86. The highest BCUT2D eigenvalue weighted by Crippen LogP contribution is 2.13. The van der Waals surface area contributed by atoms with Gasteiger partial charge in [0.2, 0.25) is 5.91 Å². The van der Waals surface area contributed by atoms with Crippen molar-refractivity contribution in [3.63, 3.8) is 0 Å². The first-order valence-corrected chi connectivity index (χ1v) is 6.54. The van der Waals surface area contributed by atoms with Gasteiger partial charge in [-0.05, 0) is 29.8 Å². The molecular weight excluding hydrogens is 250 g/mol. The first-order chi connectivity index (χ1) is 9.69. The summed E-state index contributed by atoms with van der Waals surface area (Å²) in [5.74, 6) is -0.0402. The summed E-state index contributed by atoms with van der Waals surface area (Å²) < 4.78 is 0. The summed E-state index contributed by atoms with van der Waals surface area (Å²) in [5.41, 5.74) is 8.45. The van der Waals surface area contributed by atoms with Crippen molar-refractivity contribution < 1.29 is 4.79 Å². The molecule has 0 aliphatic heterocycles. The molecule has 0 radical (unpaired) electrons. The highest BCUT2D eigenvalue weighted by molar-refractivity contribution is 5.93. The number of amides is 1. The minimum absolute atomic E-state index is 0.0402. The van der Waals surface area contributed by atoms with Crippen molar-refractivity contribution in [2.75, 3.05) is 23.8 Å². The first-order valence-electron chi connectivity index (χ1n) is 6.54. The number of likely N-dealkylation sites (N-methyl/N-ethyl adjacent to an activating group) is 1. The number of carbonyl (C=O) groups excluding carboxylic acids is 1. The Morgan fingerprint density at radius 3 is 2.35 bits per heavy atom. The Kier molecular flexibility index (Phi) is 4.74. The molecule has 0 aliphatic rings. The van der Waals surface area contributed by atoms with Crippen LogP contribution in [0.1, 0.15) is 5.56 Å². The molecule has 20 heavy (non-hydrogen) atoms. The largest absolute Gasteiger partial charge is 0.365 e. The second kappa shape index (κ2) is 6.73. The lowest BCUT2D eigenvalue weighted by Gasteiger charge is -2.19. The monoisotopic (exact) mass is 269 g/mol. The molecule has 0 saturated heterocycles. The van der Waals surface area contributed by atoms with E-state index in [1.54, 1.807) is 0 Å². The summed E-state index contributed by atoms with van der Waals surface area (Å²) in [4.78, 5) is 13.8. The van der Waals surface area contributed by atoms with Crippen LogP contribution in [-0.2, 0) is 11.3 Å². The summed E-state index contributed by atoms with van der Waals surface area (Å²) in [6, 6.07) is 17.3. The maximum absolute atomic E-state index is 11.9. The van der Waals surface area contributed by atoms with Crippen molar-refractivity contribution in [1.82, 2.24) is 0 Å². The standard InChI is InChI=1S/C16H19N3O/c1-19(15-9-7-13(11-17)8-10-15)12-16(20)18-14-5-3-2-4-6-14/h2-10H,11-12,17H2,1H3,(H,18,20). The molecule has 0 aromatic heterocycles. The van der Waals surface area contributed by atoms with E-state index < -0.39 is 0 Å². The van der Waals surface area contributed by atoms with Gasteiger partial charge in [-0.25, -0.2) is 0 Å². The number of benzene rings is 2. The van der Waals surface area contributed by atoms with E-state index in [0.29, 0.717) is 13.1 Å². The van der Waals surface area contributed by atoms with Crippen molar-refractivity contribution in [2.45, 2.75) is 6.54 Å². The van der Waals surface area contributed by atoms with Gasteiger partial charge in [-0.15, -0.1) is 0 Å². The second-order valence-electron chi connectivity index (χ2n) is 4.64. The molecule has 2 aromatic rings. The van der Waals surface area contributed by atoms with Crippen LogP contribution in [0.4, 0.5) is 11.4 Å². The number of carbonyl (C=O) groups is 1. The average Bonchev–Trinajstić information content (AvgIpc) is 2.48. The molecule has 104 valence electrons. The smallest absolute Gasteiger partial charge is 0.243 e. The number of hydrogen-bond donors (Lipinski definition) is 2. The molecule has 0 saturated carbocycles. The molecule has 0 atom stereocenters. The molecule has 0 aliphatic carbocycles. The number of nitrogens with two attached hydrogens (primary N) is 1. The summed E-state index contributed by atoms with van der Waals surface area (Å²) in [6.07, 6.45) is 0. The third-order valence-electron chi connectivity index (χ3n) is 3.05. The van der Waals surface area contributed by atoms with E-state index >= 15 is 0 Å². The Morgan fingerprint density at radius 2 is 1.75 bits per heavy atom. The summed E-state index contributed by atoms with van der Waals surface area (Å²) in [7, 11) is 1.89. The number of nitrogens with zero attached hydrogens (tertiary/aromatic N) is 1. The van der Waals surface area contributed by atoms with Gasteiger partial charge < -0.3 is 16.0 Å². The summed E-state index contributed by atoms with van der Waals surface area (Å²) in [6.45, 7) is 0.829. The van der Waals surface area contributed by atoms with Gasteiger partial charge >= 0.3 is 0 Å². The van der Waals surface area contributed by atoms with Crippen LogP contribution in [0.3, 0.4) is 0 Å². The van der Waals surface area contributed by atoms with Crippen molar-refractivity contribution in [1.29, 1.82) is 0 Å². The molecule has 0 unspecified atom stereocenters. The maximum atomic E-state index is 11.9. The topological polar surface area (TPSA) is 58.4 Å². The predicted octanol–water partition coefficient (Wildman–Crippen LogP) is 2.22. The average molecular weight is 269 g/mol. The number of hydrogen-bond acceptors (Lipinski definition) is 3. The molecule has 0 bridgehead atoms. The molecule has 4 nitrogen and oxygen atoms in total.